The Balaban J connectivity index is 3.10. The molecule has 1 atom stereocenters. The molecule has 0 radical (unpaired) electrons. The summed E-state index contributed by atoms with van der Waals surface area (Å²) in [5, 5.41) is 14.6. The molecule has 0 aromatic heterocycles. The lowest BCUT2D eigenvalue weighted by atomic mass is 9.90. The van der Waals surface area contributed by atoms with E-state index in [-0.39, 0.29) is 0 Å². The van der Waals surface area contributed by atoms with Gasteiger partial charge in [0.15, 0.2) is 5.60 Å². The molecule has 0 heterocycles. The molecule has 3 heteroatoms. The van der Waals surface area contributed by atoms with Crippen LogP contribution in [0, 0.1) is 11.8 Å². The zero-order valence-electron chi connectivity index (χ0n) is 11.8. The van der Waals surface area contributed by atoms with Crippen LogP contribution >= 0.6 is 0 Å². The van der Waals surface area contributed by atoms with Gasteiger partial charge in [-0.2, -0.15) is 0 Å². The van der Waals surface area contributed by atoms with Crippen molar-refractivity contribution in [3.05, 3.63) is 35.9 Å². The lowest BCUT2D eigenvalue weighted by Crippen LogP contribution is -2.32. The molecule has 0 aliphatic rings. The van der Waals surface area contributed by atoms with Crippen LogP contribution in [0.5, 0.6) is 0 Å². The van der Waals surface area contributed by atoms with Crippen molar-refractivity contribution in [2.75, 3.05) is 7.11 Å². The highest BCUT2D eigenvalue weighted by Crippen LogP contribution is 2.22. The molecule has 0 aliphatic carbocycles. The largest absolute Gasteiger partial charge is 0.399 e. The highest BCUT2D eigenvalue weighted by molar-refractivity contribution is 5.94. The fourth-order valence-electron chi connectivity index (χ4n) is 1.71. The van der Waals surface area contributed by atoms with Crippen LogP contribution in [0.4, 0.5) is 0 Å². The molecular weight excluding hydrogens is 238 g/mol. The van der Waals surface area contributed by atoms with Crippen LogP contribution in [-0.2, 0) is 10.4 Å². The first-order valence-electron chi connectivity index (χ1n) is 6.51. The molecule has 0 aliphatic heterocycles. The summed E-state index contributed by atoms with van der Waals surface area (Å²) >= 11 is 0. The van der Waals surface area contributed by atoms with Gasteiger partial charge in [-0.15, -0.1) is 0 Å². The van der Waals surface area contributed by atoms with Crippen molar-refractivity contribution in [1.29, 1.82) is 0 Å². The zero-order valence-corrected chi connectivity index (χ0v) is 11.8. The van der Waals surface area contributed by atoms with Gasteiger partial charge in [-0.3, -0.25) is 0 Å². The van der Waals surface area contributed by atoms with E-state index < -0.39 is 5.60 Å². The Morgan fingerprint density at radius 3 is 2.63 bits per heavy atom. The average molecular weight is 259 g/mol. The van der Waals surface area contributed by atoms with E-state index >= 15 is 0 Å². The molecule has 102 valence electrons. The van der Waals surface area contributed by atoms with Crippen molar-refractivity contribution in [2.45, 2.75) is 38.7 Å². The third-order valence-electron chi connectivity index (χ3n) is 2.87. The summed E-state index contributed by atoms with van der Waals surface area (Å²) in [5.41, 5.74) is -0.243. The standard InChI is InChI=1S/C16H21NO2/c1-4-5-6-10-13-16(18,14(2)17-19-3)15-11-8-7-9-12-15/h7-9,11-12,18H,4-6H2,1-3H3/b17-14+. The minimum Gasteiger partial charge on any atom is -0.399 e. The molecule has 1 aromatic carbocycles. The Hall–Kier alpha value is -1.79. The van der Waals surface area contributed by atoms with Gasteiger partial charge >= 0.3 is 0 Å². The Bertz CT molecular complexity index is 471. The molecule has 19 heavy (non-hydrogen) atoms. The van der Waals surface area contributed by atoms with Crippen LogP contribution < -0.4 is 0 Å². The fraction of sp³-hybridized carbons (Fsp3) is 0.438. The Kier molecular flexibility index (Phi) is 6.11. The number of benzene rings is 1. The topological polar surface area (TPSA) is 41.8 Å². The lowest BCUT2D eigenvalue weighted by molar-refractivity contribution is 0.156. The number of rotatable bonds is 5. The van der Waals surface area contributed by atoms with E-state index in [2.05, 4.69) is 23.9 Å². The maximum Gasteiger partial charge on any atom is 0.193 e. The molecule has 1 unspecified atom stereocenters. The van der Waals surface area contributed by atoms with Crippen LogP contribution in [0.15, 0.2) is 35.5 Å². The molecular formula is C16H21NO2. The van der Waals surface area contributed by atoms with Gasteiger partial charge in [0.2, 0.25) is 0 Å². The van der Waals surface area contributed by atoms with Crippen molar-refractivity contribution in [1.82, 2.24) is 0 Å². The highest BCUT2D eigenvalue weighted by atomic mass is 16.6. The summed E-state index contributed by atoms with van der Waals surface area (Å²) in [5.74, 6) is 5.95. The summed E-state index contributed by atoms with van der Waals surface area (Å²) in [7, 11) is 1.46. The fourth-order valence-corrected chi connectivity index (χ4v) is 1.71. The number of unbranched alkanes of at least 4 members (excludes halogenated alkanes) is 2. The molecule has 3 nitrogen and oxygen atoms in total. The summed E-state index contributed by atoms with van der Waals surface area (Å²) in [6.07, 6.45) is 2.88. The van der Waals surface area contributed by atoms with E-state index in [4.69, 9.17) is 4.84 Å². The van der Waals surface area contributed by atoms with E-state index in [1.807, 2.05) is 30.3 Å². The predicted molar refractivity (Wildman–Crippen MR) is 77.8 cm³/mol. The molecule has 0 bridgehead atoms. The molecule has 0 saturated heterocycles. The van der Waals surface area contributed by atoms with E-state index in [0.717, 1.165) is 19.3 Å². The first-order chi connectivity index (χ1) is 9.15. The predicted octanol–water partition coefficient (Wildman–Crippen LogP) is 3.09. The van der Waals surface area contributed by atoms with E-state index in [0.29, 0.717) is 11.3 Å². The van der Waals surface area contributed by atoms with Gasteiger partial charge in [0.25, 0.3) is 0 Å². The molecule has 1 aromatic rings. The number of oxime groups is 1. The number of hydrogen-bond donors (Lipinski definition) is 1. The Morgan fingerprint density at radius 1 is 1.37 bits per heavy atom. The third-order valence-corrected chi connectivity index (χ3v) is 2.87. The van der Waals surface area contributed by atoms with Crippen molar-refractivity contribution in [2.24, 2.45) is 5.16 Å². The van der Waals surface area contributed by atoms with Crippen LogP contribution in [0.1, 0.15) is 38.7 Å². The minimum absolute atomic E-state index is 0.435. The monoisotopic (exact) mass is 259 g/mol. The lowest BCUT2D eigenvalue weighted by Gasteiger charge is -2.22. The highest BCUT2D eigenvalue weighted by Gasteiger charge is 2.31. The summed E-state index contributed by atoms with van der Waals surface area (Å²) < 4.78 is 0. The summed E-state index contributed by atoms with van der Waals surface area (Å²) in [6, 6.07) is 9.31. The second-order valence-corrected chi connectivity index (χ2v) is 4.34. The second kappa shape index (κ2) is 7.60. The van der Waals surface area contributed by atoms with Gasteiger partial charge in [-0.1, -0.05) is 60.7 Å². The Labute approximate surface area is 115 Å². The maximum atomic E-state index is 10.8. The molecule has 1 rings (SSSR count). The molecule has 0 saturated carbocycles. The smallest absolute Gasteiger partial charge is 0.193 e. The number of hydrogen-bond acceptors (Lipinski definition) is 3. The SMILES string of the molecule is CCCCC#CC(O)(/C(C)=N/OC)c1ccccc1. The first kappa shape index (κ1) is 15.3. The number of aliphatic hydroxyl groups is 1. The van der Waals surface area contributed by atoms with E-state index in [1.165, 1.54) is 7.11 Å². The molecule has 0 fully saturated rings. The van der Waals surface area contributed by atoms with E-state index in [1.54, 1.807) is 6.92 Å². The van der Waals surface area contributed by atoms with Crippen LogP contribution in [-0.4, -0.2) is 17.9 Å². The summed E-state index contributed by atoms with van der Waals surface area (Å²) in [4.78, 5) is 4.76. The van der Waals surface area contributed by atoms with Gasteiger partial charge in [0.1, 0.15) is 12.8 Å². The van der Waals surface area contributed by atoms with Crippen molar-refractivity contribution in [3.8, 4) is 11.8 Å². The molecule has 1 N–H and O–H groups in total. The van der Waals surface area contributed by atoms with Gasteiger partial charge in [0, 0.05) is 12.0 Å². The maximum absolute atomic E-state index is 10.8. The number of nitrogens with zero attached hydrogens (tertiary/aromatic N) is 1. The normalized spacial score (nSPS) is 14.2. The van der Waals surface area contributed by atoms with Crippen molar-refractivity contribution < 1.29 is 9.94 Å². The van der Waals surface area contributed by atoms with Crippen LogP contribution in [0.2, 0.25) is 0 Å². The quantitative estimate of drug-likeness (QED) is 0.382. The van der Waals surface area contributed by atoms with E-state index in [9.17, 15) is 5.11 Å². The Morgan fingerprint density at radius 2 is 2.05 bits per heavy atom. The minimum atomic E-state index is -1.38. The summed E-state index contributed by atoms with van der Waals surface area (Å²) in [6.45, 7) is 3.83. The van der Waals surface area contributed by atoms with Gasteiger partial charge in [0.05, 0.1) is 0 Å². The first-order valence-corrected chi connectivity index (χ1v) is 6.51. The molecule has 0 amide bonds. The third kappa shape index (κ3) is 4.11. The average Bonchev–Trinajstić information content (AvgIpc) is 2.44. The van der Waals surface area contributed by atoms with Crippen molar-refractivity contribution >= 4 is 5.71 Å². The zero-order chi connectivity index (χ0) is 14.1. The van der Waals surface area contributed by atoms with Crippen LogP contribution in [0.3, 0.4) is 0 Å². The van der Waals surface area contributed by atoms with Gasteiger partial charge in [-0.25, -0.2) is 0 Å². The van der Waals surface area contributed by atoms with Crippen molar-refractivity contribution in [3.63, 3.8) is 0 Å². The van der Waals surface area contributed by atoms with Gasteiger partial charge in [-0.05, 0) is 13.3 Å². The van der Waals surface area contributed by atoms with Crippen LogP contribution in [0.25, 0.3) is 0 Å². The van der Waals surface area contributed by atoms with Gasteiger partial charge < -0.3 is 9.94 Å². The molecule has 0 spiro atoms. The second-order valence-electron chi connectivity index (χ2n) is 4.34.